The van der Waals surface area contributed by atoms with E-state index in [-0.39, 0.29) is 0 Å². The molecule has 1 atom stereocenters. The summed E-state index contributed by atoms with van der Waals surface area (Å²) in [4.78, 5) is 0. The Morgan fingerprint density at radius 3 is 2.78 bits per heavy atom. The van der Waals surface area contributed by atoms with Gasteiger partial charge >= 0.3 is 0 Å². The van der Waals surface area contributed by atoms with Crippen LogP contribution in [0.1, 0.15) is 49.7 Å². The van der Waals surface area contributed by atoms with E-state index in [9.17, 15) is 0 Å². The number of nitrogens with two attached hydrogens (primary N) is 1. The molecule has 0 heterocycles. The van der Waals surface area contributed by atoms with Crippen molar-refractivity contribution in [1.29, 1.82) is 0 Å². The van der Waals surface area contributed by atoms with Crippen LogP contribution < -0.4 is 11.3 Å². The lowest BCUT2D eigenvalue weighted by atomic mass is 9.94. The molecular weight excluding hydrogens is 220 g/mol. The van der Waals surface area contributed by atoms with Gasteiger partial charge in [0.15, 0.2) is 0 Å². The van der Waals surface area contributed by atoms with Gasteiger partial charge in [-0.2, -0.15) is 0 Å². The molecule has 0 radical (unpaired) electrons. The number of benzene rings is 1. The Bertz CT molecular complexity index is 356. The number of hydrogen-bond acceptors (Lipinski definition) is 2. The molecule has 100 valence electrons. The van der Waals surface area contributed by atoms with Crippen LogP contribution in [0.3, 0.4) is 0 Å². The maximum absolute atomic E-state index is 5.69. The summed E-state index contributed by atoms with van der Waals surface area (Å²) < 4.78 is 0. The molecule has 0 aromatic heterocycles. The van der Waals surface area contributed by atoms with Gasteiger partial charge in [-0.3, -0.25) is 11.3 Å². The molecule has 0 spiro atoms. The first kappa shape index (κ1) is 13.6. The predicted octanol–water partition coefficient (Wildman–Crippen LogP) is 3.34. The highest BCUT2D eigenvalue weighted by molar-refractivity contribution is 5.22. The molecule has 1 aromatic rings. The molecule has 1 aromatic carbocycles. The molecule has 1 saturated carbocycles. The zero-order valence-electron chi connectivity index (χ0n) is 11.5. The Hall–Kier alpha value is -0.860. The van der Waals surface area contributed by atoms with Crippen LogP contribution in [0.15, 0.2) is 24.3 Å². The van der Waals surface area contributed by atoms with Gasteiger partial charge in [0.2, 0.25) is 0 Å². The van der Waals surface area contributed by atoms with Crippen LogP contribution in [-0.2, 0) is 6.42 Å². The van der Waals surface area contributed by atoms with Gasteiger partial charge in [0.25, 0.3) is 0 Å². The van der Waals surface area contributed by atoms with E-state index in [1.165, 1.54) is 43.2 Å². The summed E-state index contributed by atoms with van der Waals surface area (Å²) in [5.74, 6) is 6.60. The second-order valence-corrected chi connectivity index (χ2v) is 5.78. The van der Waals surface area contributed by atoms with Gasteiger partial charge in [0.05, 0.1) is 0 Å². The molecule has 1 unspecified atom stereocenters. The Balaban J connectivity index is 1.79. The highest BCUT2D eigenvalue weighted by Gasteiger charge is 2.19. The minimum Gasteiger partial charge on any atom is -0.271 e. The van der Waals surface area contributed by atoms with Crippen molar-refractivity contribution < 1.29 is 0 Å². The van der Waals surface area contributed by atoms with Crippen molar-refractivity contribution in [1.82, 2.24) is 5.43 Å². The number of hydrogen-bond donors (Lipinski definition) is 2. The molecular formula is C16H26N2. The summed E-state index contributed by atoms with van der Waals surface area (Å²) in [7, 11) is 0. The lowest BCUT2D eigenvalue weighted by Gasteiger charge is -2.19. The van der Waals surface area contributed by atoms with E-state index in [0.29, 0.717) is 6.04 Å². The summed E-state index contributed by atoms with van der Waals surface area (Å²) in [6.07, 6.45) is 9.17. The Kier molecular flexibility index (Phi) is 5.21. The van der Waals surface area contributed by atoms with Crippen LogP contribution in [0.5, 0.6) is 0 Å². The van der Waals surface area contributed by atoms with E-state index in [1.54, 1.807) is 0 Å². The van der Waals surface area contributed by atoms with E-state index in [2.05, 4.69) is 36.6 Å². The number of nitrogens with one attached hydrogen (secondary N) is 1. The van der Waals surface area contributed by atoms with Crippen molar-refractivity contribution in [3.05, 3.63) is 35.4 Å². The van der Waals surface area contributed by atoms with Gasteiger partial charge < -0.3 is 0 Å². The van der Waals surface area contributed by atoms with Crippen molar-refractivity contribution in [2.75, 3.05) is 0 Å². The summed E-state index contributed by atoms with van der Waals surface area (Å²) in [5.41, 5.74) is 5.79. The van der Waals surface area contributed by atoms with Crippen LogP contribution >= 0.6 is 0 Å². The Morgan fingerprint density at radius 1 is 1.33 bits per heavy atom. The normalized spacial score (nSPS) is 18.1. The lowest BCUT2D eigenvalue weighted by molar-refractivity contribution is 0.375. The van der Waals surface area contributed by atoms with Crippen LogP contribution in [0.25, 0.3) is 0 Å². The lowest BCUT2D eigenvalue weighted by Crippen LogP contribution is -2.36. The SMILES string of the molecule is Cc1cccc(CCC(CC2CCCC2)NN)c1. The first-order chi connectivity index (χ1) is 8.78. The molecule has 0 saturated heterocycles. The van der Waals surface area contributed by atoms with E-state index in [1.807, 2.05) is 0 Å². The topological polar surface area (TPSA) is 38.0 Å². The quantitative estimate of drug-likeness (QED) is 0.597. The van der Waals surface area contributed by atoms with E-state index >= 15 is 0 Å². The summed E-state index contributed by atoms with van der Waals surface area (Å²) >= 11 is 0. The fourth-order valence-electron chi connectivity index (χ4n) is 3.13. The minimum absolute atomic E-state index is 0.480. The first-order valence-electron chi connectivity index (χ1n) is 7.29. The van der Waals surface area contributed by atoms with Crippen molar-refractivity contribution in [3.63, 3.8) is 0 Å². The Morgan fingerprint density at radius 2 is 2.11 bits per heavy atom. The summed E-state index contributed by atoms with van der Waals surface area (Å²) in [5, 5.41) is 0. The monoisotopic (exact) mass is 246 g/mol. The molecule has 0 amide bonds. The van der Waals surface area contributed by atoms with Crippen LogP contribution in [-0.4, -0.2) is 6.04 Å². The van der Waals surface area contributed by atoms with Crippen molar-refractivity contribution in [2.45, 2.75) is 57.9 Å². The van der Waals surface area contributed by atoms with E-state index < -0.39 is 0 Å². The Labute approximate surface area is 111 Å². The fraction of sp³-hybridized carbons (Fsp3) is 0.625. The van der Waals surface area contributed by atoms with Crippen LogP contribution in [0.2, 0.25) is 0 Å². The molecule has 1 fully saturated rings. The van der Waals surface area contributed by atoms with E-state index in [0.717, 1.165) is 18.8 Å². The van der Waals surface area contributed by atoms with Crippen molar-refractivity contribution in [3.8, 4) is 0 Å². The van der Waals surface area contributed by atoms with Crippen LogP contribution in [0.4, 0.5) is 0 Å². The van der Waals surface area contributed by atoms with E-state index in [4.69, 9.17) is 5.84 Å². The molecule has 0 bridgehead atoms. The molecule has 2 nitrogen and oxygen atoms in total. The van der Waals surface area contributed by atoms with Gasteiger partial charge in [-0.25, -0.2) is 0 Å². The zero-order valence-corrected chi connectivity index (χ0v) is 11.5. The number of hydrazine groups is 1. The third-order valence-electron chi connectivity index (χ3n) is 4.19. The molecule has 1 aliphatic carbocycles. The number of rotatable bonds is 6. The fourth-order valence-corrected chi connectivity index (χ4v) is 3.13. The molecule has 2 rings (SSSR count). The zero-order chi connectivity index (χ0) is 12.8. The van der Waals surface area contributed by atoms with Gasteiger partial charge in [-0.15, -0.1) is 0 Å². The average molecular weight is 246 g/mol. The third-order valence-corrected chi connectivity index (χ3v) is 4.19. The van der Waals surface area contributed by atoms with Gasteiger partial charge in [0, 0.05) is 6.04 Å². The molecule has 2 heteroatoms. The third kappa shape index (κ3) is 4.11. The standard InChI is InChI=1S/C16H26N2/c1-13-5-4-8-15(11-13)9-10-16(18-17)12-14-6-2-3-7-14/h4-5,8,11,14,16,18H,2-3,6-7,9-10,12,17H2,1H3. The summed E-state index contributed by atoms with van der Waals surface area (Å²) in [6.45, 7) is 2.15. The average Bonchev–Trinajstić information content (AvgIpc) is 2.87. The maximum Gasteiger partial charge on any atom is 0.0216 e. The highest BCUT2D eigenvalue weighted by Crippen LogP contribution is 2.29. The number of aryl methyl sites for hydroxylation is 2. The predicted molar refractivity (Wildman–Crippen MR) is 77.2 cm³/mol. The second kappa shape index (κ2) is 6.91. The molecule has 3 N–H and O–H groups in total. The first-order valence-corrected chi connectivity index (χ1v) is 7.29. The summed E-state index contributed by atoms with van der Waals surface area (Å²) in [6, 6.07) is 9.28. The molecule has 18 heavy (non-hydrogen) atoms. The van der Waals surface area contributed by atoms with Gasteiger partial charge in [-0.05, 0) is 37.7 Å². The minimum atomic E-state index is 0.480. The maximum atomic E-state index is 5.69. The van der Waals surface area contributed by atoms with Crippen LogP contribution in [0, 0.1) is 12.8 Å². The van der Waals surface area contributed by atoms with Gasteiger partial charge in [-0.1, -0.05) is 55.5 Å². The van der Waals surface area contributed by atoms with Crippen molar-refractivity contribution in [2.24, 2.45) is 11.8 Å². The largest absolute Gasteiger partial charge is 0.271 e. The van der Waals surface area contributed by atoms with Crippen molar-refractivity contribution >= 4 is 0 Å². The van der Waals surface area contributed by atoms with Gasteiger partial charge in [0.1, 0.15) is 0 Å². The molecule has 1 aliphatic rings. The highest BCUT2D eigenvalue weighted by atomic mass is 15.2. The molecule has 0 aliphatic heterocycles. The smallest absolute Gasteiger partial charge is 0.0216 e. The second-order valence-electron chi connectivity index (χ2n) is 5.78.